The van der Waals surface area contributed by atoms with Crippen LogP contribution in [0.1, 0.15) is 41.3 Å². The third kappa shape index (κ3) is 2.39. The molecule has 1 aromatic carbocycles. The zero-order valence-corrected chi connectivity index (χ0v) is 9.49. The van der Waals surface area contributed by atoms with Crippen LogP contribution < -0.4 is 11.5 Å². The molecule has 0 bridgehead atoms. The Kier molecular flexibility index (Phi) is 3.66. The minimum Gasteiger partial charge on any atom is -0.398 e. The first-order valence-electron chi connectivity index (χ1n) is 5.12. The molecule has 0 fully saturated rings. The highest BCUT2D eigenvalue weighted by Gasteiger charge is 2.14. The summed E-state index contributed by atoms with van der Waals surface area (Å²) in [5, 5.41) is 0. The average Bonchev–Trinajstić information content (AvgIpc) is 2.19. The van der Waals surface area contributed by atoms with Gasteiger partial charge >= 0.3 is 0 Å². The van der Waals surface area contributed by atoms with Gasteiger partial charge in [0, 0.05) is 11.3 Å². The highest BCUT2D eigenvalue weighted by atomic mass is 16.1. The summed E-state index contributed by atoms with van der Waals surface area (Å²) >= 11 is 0. The molecule has 86 valence electrons. The van der Waals surface area contributed by atoms with Gasteiger partial charge in [-0.05, 0) is 23.1 Å². The molecule has 0 unspecified atom stereocenters. The van der Waals surface area contributed by atoms with Crippen LogP contribution >= 0.6 is 0 Å². The van der Waals surface area contributed by atoms with E-state index in [0.29, 0.717) is 23.1 Å². The quantitative estimate of drug-likeness (QED) is 0.591. The Labute approximate surface area is 94.6 Å². The van der Waals surface area contributed by atoms with Gasteiger partial charge in [0.05, 0.1) is 6.42 Å². The van der Waals surface area contributed by atoms with Crippen molar-refractivity contribution in [1.82, 2.24) is 0 Å². The summed E-state index contributed by atoms with van der Waals surface area (Å²) in [4.78, 5) is 21.7. The number of amides is 1. The monoisotopic (exact) mass is 220 g/mol. The van der Waals surface area contributed by atoms with Crippen LogP contribution in [0.5, 0.6) is 0 Å². The zero-order chi connectivity index (χ0) is 12.3. The number of nitrogen functional groups attached to an aromatic ring is 1. The van der Waals surface area contributed by atoms with Crippen LogP contribution in [0, 0.1) is 0 Å². The lowest BCUT2D eigenvalue weighted by atomic mass is 9.92. The van der Waals surface area contributed by atoms with Gasteiger partial charge in [-0.3, -0.25) is 9.59 Å². The molecule has 1 rings (SSSR count). The van der Waals surface area contributed by atoms with Crippen LogP contribution in [0.25, 0.3) is 0 Å². The maximum atomic E-state index is 11.0. The van der Waals surface area contributed by atoms with E-state index in [1.807, 2.05) is 19.9 Å². The number of hydrogen-bond acceptors (Lipinski definition) is 3. The second-order valence-corrected chi connectivity index (χ2v) is 4.05. The van der Waals surface area contributed by atoms with Gasteiger partial charge in [-0.2, -0.15) is 0 Å². The Morgan fingerprint density at radius 2 is 2.06 bits per heavy atom. The number of rotatable bonds is 4. The molecular weight excluding hydrogens is 204 g/mol. The maximum Gasteiger partial charge on any atom is 0.221 e. The van der Waals surface area contributed by atoms with Crippen molar-refractivity contribution in [3.8, 4) is 0 Å². The molecule has 4 nitrogen and oxygen atoms in total. The van der Waals surface area contributed by atoms with Crippen LogP contribution in [0.4, 0.5) is 5.69 Å². The topological polar surface area (TPSA) is 86.2 Å². The molecule has 0 saturated carbocycles. The van der Waals surface area contributed by atoms with Gasteiger partial charge in [0.1, 0.15) is 0 Å². The Morgan fingerprint density at radius 1 is 1.44 bits per heavy atom. The smallest absolute Gasteiger partial charge is 0.221 e. The molecule has 0 heterocycles. The van der Waals surface area contributed by atoms with Gasteiger partial charge in [-0.25, -0.2) is 0 Å². The second-order valence-electron chi connectivity index (χ2n) is 4.05. The van der Waals surface area contributed by atoms with Crippen LogP contribution in [0.3, 0.4) is 0 Å². The summed E-state index contributed by atoms with van der Waals surface area (Å²) in [6.07, 6.45) is 0.755. The summed E-state index contributed by atoms with van der Waals surface area (Å²) in [6.45, 7) is 4.00. The van der Waals surface area contributed by atoms with Crippen LogP contribution in [0.15, 0.2) is 12.1 Å². The molecule has 1 aromatic rings. The molecule has 1 amide bonds. The first-order valence-corrected chi connectivity index (χ1v) is 5.12. The van der Waals surface area contributed by atoms with Crippen LogP contribution in [0.2, 0.25) is 0 Å². The predicted molar refractivity (Wildman–Crippen MR) is 63.2 cm³/mol. The number of carbonyl (C=O) groups is 2. The minimum atomic E-state index is -0.448. The van der Waals surface area contributed by atoms with E-state index in [2.05, 4.69) is 0 Å². The lowest BCUT2D eigenvalue weighted by molar-refractivity contribution is -0.117. The maximum absolute atomic E-state index is 11.0. The van der Waals surface area contributed by atoms with Crippen molar-refractivity contribution in [2.45, 2.75) is 26.2 Å². The fourth-order valence-corrected chi connectivity index (χ4v) is 1.71. The zero-order valence-electron chi connectivity index (χ0n) is 9.49. The summed E-state index contributed by atoms with van der Waals surface area (Å²) < 4.78 is 0. The number of primary amides is 1. The Hall–Kier alpha value is -1.84. The molecule has 16 heavy (non-hydrogen) atoms. The molecule has 4 N–H and O–H groups in total. The highest BCUT2D eigenvalue weighted by molar-refractivity contribution is 5.88. The number of hydrogen-bond donors (Lipinski definition) is 2. The van der Waals surface area contributed by atoms with E-state index in [1.165, 1.54) is 0 Å². The fraction of sp³-hybridized carbons (Fsp3) is 0.333. The molecule has 0 aliphatic rings. The molecule has 0 spiro atoms. The lowest BCUT2D eigenvalue weighted by Crippen LogP contribution is -2.17. The SMILES string of the molecule is CC(C)c1ccc(C=O)c(N)c1CC(N)=O. The van der Waals surface area contributed by atoms with Crippen molar-refractivity contribution in [2.24, 2.45) is 5.73 Å². The first kappa shape index (κ1) is 12.2. The minimum absolute atomic E-state index is 0.0705. The van der Waals surface area contributed by atoms with Crippen molar-refractivity contribution < 1.29 is 9.59 Å². The van der Waals surface area contributed by atoms with Gasteiger partial charge in [-0.1, -0.05) is 19.9 Å². The van der Waals surface area contributed by atoms with Crippen molar-refractivity contribution in [3.05, 3.63) is 28.8 Å². The molecule has 0 aliphatic carbocycles. The van der Waals surface area contributed by atoms with E-state index in [0.717, 1.165) is 5.56 Å². The molecular formula is C12H16N2O2. The van der Waals surface area contributed by atoms with E-state index < -0.39 is 5.91 Å². The molecule has 0 aromatic heterocycles. The van der Waals surface area contributed by atoms with Crippen molar-refractivity contribution in [2.75, 3.05) is 5.73 Å². The lowest BCUT2D eigenvalue weighted by Gasteiger charge is -2.15. The van der Waals surface area contributed by atoms with Crippen LogP contribution in [-0.4, -0.2) is 12.2 Å². The second kappa shape index (κ2) is 4.79. The van der Waals surface area contributed by atoms with E-state index in [9.17, 15) is 9.59 Å². The predicted octanol–water partition coefficient (Wildman–Crippen LogP) is 1.23. The van der Waals surface area contributed by atoms with Gasteiger partial charge in [0.2, 0.25) is 5.91 Å². The fourth-order valence-electron chi connectivity index (χ4n) is 1.71. The van der Waals surface area contributed by atoms with Crippen LogP contribution in [-0.2, 0) is 11.2 Å². The number of aldehydes is 1. The molecule has 0 atom stereocenters. The Morgan fingerprint density at radius 3 is 2.50 bits per heavy atom. The van der Waals surface area contributed by atoms with Gasteiger partial charge in [-0.15, -0.1) is 0 Å². The van der Waals surface area contributed by atoms with Gasteiger partial charge in [0.25, 0.3) is 0 Å². The standard InChI is InChI=1S/C12H16N2O2/c1-7(2)9-4-3-8(6-15)12(14)10(9)5-11(13)16/h3-4,6-7H,5,14H2,1-2H3,(H2,13,16). The normalized spacial score (nSPS) is 10.4. The first-order chi connectivity index (χ1) is 7.47. The Balaban J connectivity index is 3.35. The van der Waals surface area contributed by atoms with E-state index in [-0.39, 0.29) is 12.3 Å². The Bertz CT molecular complexity index is 425. The number of anilines is 1. The number of nitrogens with two attached hydrogens (primary N) is 2. The number of benzene rings is 1. The van der Waals surface area contributed by atoms with Crippen molar-refractivity contribution in [3.63, 3.8) is 0 Å². The average molecular weight is 220 g/mol. The summed E-state index contributed by atoms with van der Waals surface area (Å²) in [5.41, 5.74) is 13.4. The third-order valence-corrected chi connectivity index (χ3v) is 2.53. The van der Waals surface area contributed by atoms with Crippen molar-refractivity contribution in [1.29, 1.82) is 0 Å². The molecule has 0 radical (unpaired) electrons. The van der Waals surface area contributed by atoms with E-state index >= 15 is 0 Å². The van der Waals surface area contributed by atoms with E-state index in [1.54, 1.807) is 6.07 Å². The molecule has 0 aliphatic heterocycles. The van der Waals surface area contributed by atoms with Crippen molar-refractivity contribution >= 4 is 17.9 Å². The largest absolute Gasteiger partial charge is 0.398 e. The molecule has 4 heteroatoms. The summed E-state index contributed by atoms with van der Waals surface area (Å²) in [5.74, 6) is -0.214. The summed E-state index contributed by atoms with van der Waals surface area (Å²) in [7, 11) is 0. The summed E-state index contributed by atoms with van der Waals surface area (Å²) in [6, 6.07) is 3.49. The van der Waals surface area contributed by atoms with Gasteiger partial charge < -0.3 is 11.5 Å². The van der Waals surface area contributed by atoms with Gasteiger partial charge in [0.15, 0.2) is 6.29 Å². The highest BCUT2D eigenvalue weighted by Crippen LogP contribution is 2.27. The van der Waals surface area contributed by atoms with E-state index in [4.69, 9.17) is 11.5 Å². The third-order valence-electron chi connectivity index (χ3n) is 2.53. The molecule has 0 saturated heterocycles. The number of carbonyl (C=O) groups excluding carboxylic acids is 2.